The van der Waals surface area contributed by atoms with Gasteiger partial charge in [0.05, 0.1) is 18.9 Å². The second-order valence-electron chi connectivity index (χ2n) is 6.13. The van der Waals surface area contributed by atoms with E-state index in [1.165, 1.54) is 7.05 Å². The zero-order valence-corrected chi connectivity index (χ0v) is 14.9. The topological polar surface area (TPSA) is 153 Å². The number of unbranched alkanes of at least 4 members (excludes halogenated alkanes) is 2. The summed E-state index contributed by atoms with van der Waals surface area (Å²) in [5.74, 6) is 2.52. The molecule has 0 aliphatic carbocycles. The van der Waals surface area contributed by atoms with Crippen LogP contribution in [-0.2, 0) is 19.2 Å². The molecule has 0 aromatic carbocycles. The van der Waals surface area contributed by atoms with Gasteiger partial charge in [-0.1, -0.05) is 26.2 Å². The van der Waals surface area contributed by atoms with Gasteiger partial charge in [0.1, 0.15) is 6.04 Å². The Bertz CT molecular complexity index is 569. The van der Waals surface area contributed by atoms with E-state index in [-0.39, 0.29) is 13.0 Å². The van der Waals surface area contributed by atoms with Crippen molar-refractivity contribution in [2.24, 2.45) is 11.8 Å². The summed E-state index contributed by atoms with van der Waals surface area (Å²) >= 11 is 0. The highest BCUT2D eigenvalue weighted by molar-refractivity contribution is 6.06. The molecule has 0 bridgehead atoms. The van der Waals surface area contributed by atoms with E-state index in [1.54, 1.807) is 0 Å². The molecule has 0 spiro atoms. The van der Waals surface area contributed by atoms with Crippen molar-refractivity contribution in [3.05, 3.63) is 0 Å². The van der Waals surface area contributed by atoms with Crippen LogP contribution in [0, 0.1) is 5.92 Å². The van der Waals surface area contributed by atoms with Crippen molar-refractivity contribution in [2.45, 2.75) is 45.1 Å². The second kappa shape index (κ2) is 9.82. The van der Waals surface area contributed by atoms with Crippen LogP contribution in [0.3, 0.4) is 0 Å². The van der Waals surface area contributed by atoms with Crippen LogP contribution in [-0.4, -0.2) is 70.0 Å². The molecule has 1 aliphatic heterocycles. The van der Waals surface area contributed by atoms with Gasteiger partial charge in [0.2, 0.25) is 18.2 Å². The van der Waals surface area contributed by atoms with Gasteiger partial charge in [0, 0.05) is 7.05 Å². The van der Waals surface area contributed by atoms with Crippen molar-refractivity contribution >= 4 is 30.2 Å². The van der Waals surface area contributed by atoms with Crippen LogP contribution in [0.25, 0.3) is 0 Å². The molecule has 1 heterocycles. The van der Waals surface area contributed by atoms with Gasteiger partial charge in [-0.05, 0) is 6.42 Å². The number of likely N-dealkylation sites (N-methyl/N-ethyl adjacent to an activating group) is 1. The monoisotopic (exact) mass is 371 g/mol. The van der Waals surface area contributed by atoms with Gasteiger partial charge in [0.25, 0.3) is 5.91 Å². The third-order valence-electron chi connectivity index (χ3n) is 4.15. The molecule has 1 fully saturated rings. The van der Waals surface area contributed by atoms with Gasteiger partial charge in [-0.3, -0.25) is 29.3 Å². The van der Waals surface area contributed by atoms with Gasteiger partial charge in [-0.2, -0.15) is 0 Å². The number of urea groups is 1. The van der Waals surface area contributed by atoms with Crippen molar-refractivity contribution in [1.29, 1.82) is 0 Å². The number of hydrazine groups is 1. The van der Waals surface area contributed by atoms with E-state index in [0.717, 1.165) is 17.7 Å². The predicted molar refractivity (Wildman–Crippen MR) is 87.9 cm³/mol. The zero-order chi connectivity index (χ0) is 19.9. The van der Waals surface area contributed by atoms with Crippen LogP contribution < -0.4 is 11.2 Å². The lowest BCUT2D eigenvalue weighted by Gasteiger charge is -2.24. The smallest absolute Gasteiger partial charge is 0.324 e. The van der Waals surface area contributed by atoms with E-state index in [1.807, 2.05) is 6.92 Å². The molecule has 11 heteroatoms. The minimum absolute atomic E-state index is 0.158. The molecule has 0 radical (unpaired) electrons. The highest BCUT2D eigenvalue weighted by atomic mass is 16.5. The van der Waals surface area contributed by atoms with E-state index >= 15 is 0 Å². The van der Waals surface area contributed by atoms with Gasteiger partial charge in [0.15, 0.2) is 0 Å². The molecule has 0 saturated carbocycles. The average molecular weight is 371 g/mol. The first-order valence-electron chi connectivity index (χ1n) is 8.33. The summed E-state index contributed by atoms with van der Waals surface area (Å²) in [6, 6.07) is -1.72. The molecule has 0 aromatic rings. The third-order valence-corrected chi connectivity index (χ3v) is 4.15. The first-order valence-corrected chi connectivity index (χ1v) is 8.33. The van der Waals surface area contributed by atoms with Crippen molar-refractivity contribution in [1.82, 2.24) is 20.3 Å². The molecule has 1 saturated heterocycles. The Kier molecular flexibility index (Phi) is 8.13. The van der Waals surface area contributed by atoms with Gasteiger partial charge < -0.3 is 5.32 Å². The fourth-order valence-corrected chi connectivity index (χ4v) is 2.57. The lowest BCUT2D eigenvalue weighted by molar-refractivity contribution is -0.159. The lowest BCUT2D eigenvalue weighted by Crippen LogP contribution is -2.50. The molecule has 4 N–H and O–H groups in total. The molecule has 26 heavy (non-hydrogen) atoms. The fourth-order valence-electron chi connectivity index (χ4n) is 2.57. The number of carbonyl (C=O) groups excluding carboxylic acids is 5. The Hall–Kier alpha value is -2.53. The van der Waals surface area contributed by atoms with E-state index < -0.39 is 42.1 Å². The fraction of sp³-hybridized carbons (Fsp3) is 0.667. The number of nitrogens with one attached hydrogen (secondary N) is 1. The molecule has 6 amide bonds. The second-order valence-corrected chi connectivity index (χ2v) is 6.13. The number of imide groups is 2. The van der Waals surface area contributed by atoms with Crippen LogP contribution >= 0.6 is 0 Å². The van der Waals surface area contributed by atoms with Crippen LogP contribution in [0.5, 0.6) is 0 Å². The summed E-state index contributed by atoms with van der Waals surface area (Å²) in [4.78, 5) is 59.3. The first-order chi connectivity index (χ1) is 12.2. The van der Waals surface area contributed by atoms with Crippen molar-refractivity contribution in [3.8, 4) is 0 Å². The summed E-state index contributed by atoms with van der Waals surface area (Å²) in [7, 11) is 1.27. The van der Waals surface area contributed by atoms with Crippen LogP contribution in [0.15, 0.2) is 0 Å². The van der Waals surface area contributed by atoms with Gasteiger partial charge in [-0.15, -0.1) is 0 Å². The first kappa shape index (κ1) is 21.5. The Morgan fingerprint density at radius 3 is 2.54 bits per heavy atom. The molecule has 1 aliphatic rings. The number of carbonyl (C=O) groups is 5. The van der Waals surface area contributed by atoms with E-state index in [0.29, 0.717) is 22.9 Å². The van der Waals surface area contributed by atoms with Crippen LogP contribution in [0.2, 0.25) is 0 Å². The Labute approximate surface area is 151 Å². The summed E-state index contributed by atoms with van der Waals surface area (Å²) in [6.07, 6.45) is 2.42. The molecule has 2 atom stereocenters. The predicted octanol–water partition coefficient (Wildman–Crippen LogP) is -0.800. The molecule has 1 unspecified atom stereocenters. The van der Waals surface area contributed by atoms with Crippen molar-refractivity contribution < 1.29 is 29.2 Å². The number of amides is 6. The normalized spacial score (nSPS) is 17.7. The van der Waals surface area contributed by atoms with Gasteiger partial charge in [-0.25, -0.2) is 20.7 Å². The molecular weight excluding hydrogens is 346 g/mol. The largest absolute Gasteiger partial charge is 0.325 e. The summed E-state index contributed by atoms with van der Waals surface area (Å²) < 4.78 is 0. The van der Waals surface area contributed by atoms with Crippen molar-refractivity contribution in [3.63, 3.8) is 0 Å². The Balaban J connectivity index is 2.72. The van der Waals surface area contributed by atoms with E-state index in [9.17, 15) is 29.2 Å². The minimum atomic E-state index is -1.08. The third kappa shape index (κ3) is 5.49. The zero-order valence-electron chi connectivity index (χ0n) is 14.9. The number of hydrogen-bond acceptors (Lipinski definition) is 7. The maximum Gasteiger partial charge on any atom is 0.324 e. The Morgan fingerprint density at radius 1 is 1.38 bits per heavy atom. The number of nitrogens with two attached hydrogens (primary N) is 1. The number of hydroxylamine groups is 2. The highest BCUT2D eigenvalue weighted by Gasteiger charge is 2.38. The average Bonchev–Trinajstić information content (AvgIpc) is 2.86. The molecule has 11 nitrogen and oxygen atoms in total. The highest BCUT2D eigenvalue weighted by Crippen LogP contribution is 2.15. The number of nitrogens with zero attached hydrogens (tertiary/aromatic N) is 3. The van der Waals surface area contributed by atoms with Crippen molar-refractivity contribution in [2.75, 3.05) is 13.6 Å². The maximum absolute atomic E-state index is 12.5. The maximum atomic E-state index is 12.5. The van der Waals surface area contributed by atoms with E-state index in [2.05, 4.69) is 5.32 Å². The quantitative estimate of drug-likeness (QED) is 0.0864. The molecule has 0 aromatic heterocycles. The lowest BCUT2D eigenvalue weighted by atomic mass is 9.99. The standard InChI is InChI=1S/C15H25N5O6/c1-3-4-5-6-10(8-19(26)9-21)13(23)20(16)12(22)7-11-14(24)18(2)15(25)17-11/h9-11,26H,3-8,16H2,1-2H3,(H,17,25)/t10-,11?/m1/s1. The summed E-state index contributed by atoms with van der Waals surface area (Å²) in [5, 5.41) is 12.4. The van der Waals surface area contributed by atoms with Crippen LogP contribution in [0.1, 0.15) is 39.0 Å². The summed E-state index contributed by atoms with van der Waals surface area (Å²) in [6.45, 7) is 1.68. The molecular formula is C15H25N5O6. The molecule has 1 rings (SSSR count). The minimum Gasteiger partial charge on any atom is -0.325 e. The summed E-state index contributed by atoms with van der Waals surface area (Å²) in [5.41, 5.74) is 0. The molecule has 146 valence electrons. The number of rotatable bonds is 10. The van der Waals surface area contributed by atoms with Gasteiger partial charge >= 0.3 is 6.03 Å². The number of hydrogen-bond donors (Lipinski definition) is 3. The SMILES string of the molecule is CCCCC[C@H](CN(O)C=O)C(=O)N(N)C(=O)CC1NC(=O)N(C)C1=O. The Morgan fingerprint density at radius 2 is 2.04 bits per heavy atom. The van der Waals surface area contributed by atoms with Crippen LogP contribution in [0.4, 0.5) is 4.79 Å². The van der Waals surface area contributed by atoms with E-state index in [4.69, 9.17) is 5.84 Å².